The second-order valence-electron chi connectivity index (χ2n) is 6.53. The van der Waals surface area contributed by atoms with Gasteiger partial charge in [-0.2, -0.15) is 0 Å². The Morgan fingerprint density at radius 3 is 2.66 bits per heavy atom. The standard InChI is InChI=1S/C21H24N4O4/c1-28-11-10-25-19(21(27)29-2)18(16-12-15(22)13-23-20(16)25)24-17(26)9-8-14-6-4-3-5-7-14/h3-7,12-13H,8-11,22H2,1-2H3,(H,24,26). The molecule has 29 heavy (non-hydrogen) atoms. The van der Waals surface area contributed by atoms with Gasteiger partial charge in [0, 0.05) is 25.5 Å². The molecule has 8 nitrogen and oxygen atoms in total. The minimum atomic E-state index is -0.573. The van der Waals surface area contributed by atoms with Crippen molar-refractivity contribution in [2.24, 2.45) is 0 Å². The first-order valence-corrected chi connectivity index (χ1v) is 9.24. The van der Waals surface area contributed by atoms with Gasteiger partial charge in [-0.15, -0.1) is 0 Å². The van der Waals surface area contributed by atoms with Crippen molar-refractivity contribution in [3.63, 3.8) is 0 Å². The molecule has 0 saturated heterocycles. The third kappa shape index (κ3) is 4.55. The summed E-state index contributed by atoms with van der Waals surface area (Å²) in [6, 6.07) is 11.4. The summed E-state index contributed by atoms with van der Waals surface area (Å²) in [5.74, 6) is -0.789. The first-order chi connectivity index (χ1) is 14.0. The van der Waals surface area contributed by atoms with Crippen molar-refractivity contribution in [1.82, 2.24) is 9.55 Å². The largest absolute Gasteiger partial charge is 0.464 e. The number of rotatable bonds is 8. The van der Waals surface area contributed by atoms with E-state index in [1.54, 1.807) is 17.7 Å². The number of benzene rings is 1. The summed E-state index contributed by atoms with van der Waals surface area (Å²) in [5.41, 5.74) is 8.47. The second kappa shape index (κ2) is 9.20. The molecular formula is C21H24N4O4. The number of nitrogen functional groups attached to an aromatic ring is 1. The molecule has 0 atom stereocenters. The molecule has 0 aliphatic rings. The zero-order valence-corrected chi connectivity index (χ0v) is 16.5. The Hall–Kier alpha value is -3.39. The number of fused-ring (bicyclic) bond motifs is 1. The van der Waals surface area contributed by atoms with Gasteiger partial charge in [-0.25, -0.2) is 9.78 Å². The zero-order chi connectivity index (χ0) is 20.8. The van der Waals surface area contributed by atoms with E-state index in [0.29, 0.717) is 42.0 Å². The Labute approximate surface area is 168 Å². The summed E-state index contributed by atoms with van der Waals surface area (Å²) in [5, 5.41) is 3.44. The molecule has 0 bridgehead atoms. The maximum atomic E-state index is 12.7. The van der Waals surface area contributed by atoms with E-state index < -0.39 is 5.97 Å². The number of nitrogens with one attached hydrogen (secondary N) is 1. The summed E-state index contributed by atoms with van der Waals surface area (Å²) in [6.45, 7) is 0.732. The summed E-state index contributed by atoms with van der Waals surface area (Å²) < 4.78 is 11.8. The lowest BCUT2D eigenvalue weighted by Gasteiger charge is -2.10. The van der Waals surface area contributed by atoms with Crippen LogP contribution in [0.2, 0.25) is 0 Å². The quantitative estimate of drug-likeness (QED) is 0.567. The summed E-state index contributed by atoms with van der Waals surface area (Å²) in [6.07, 6.45) is 2.36. The van der Waals surface area contributed by atoms with Crippen molar-refractivity contribution >= 4 is 34.3 Å². The van der Waals surface area contributed by atoms with Crippen LogP contribution in [0.3, 0.4) is 0 Å². The second-order valence-corrected chi connectivity index (χ2v) is 6.53. The normalized spacial score (nSPS) is 10.8. The van der Waals surface area contributed by atoms with E-state index in [4.69, 9.17) is 15.2 Å². The molecule has 0 saturated carbocycles. The first-order valence-electron chi connectivity index (χ1n) is 9.24. The van der Waals surface area contributed by atoms with Crippen LogP contribution < -0.4 is 11.1 Å². The van der Waals surface area contributed by atoms with Crippen molar-refractivity contribution in [1.29, 1.82) is 0 Å². The van der Waals surface area contributed by atoms with E-state index in [-0.39, 0.29) is 18.0 Å². The number of carbonyl (C=O) groups is 2. The number of aromatic nitrogens is 2. The van der Waals surface area contributed by atoms with E-state index >= 15 is 0 Å². The van der Waals surface area contributed by atoms with E-state index in [9.17, 15) is 9.59 Å². The van der Waals surface area contributed by atoms with Crippen LogP contribution >= 0.6 is 0 Å². The van der Waals surface area contributed by atoms with Crippen molar-refractivity contribution in [3.8, 4) is 0 Å². The van der Waals surface area contributed by atoms with Gasteiger partial charge < -0.3 is 25.1 Å². The molecule has 8 heteroatoms. The molecule has 0 fully saturated rings. The zero-order valence-electron chi connectivity index (χ0n) is 16.5. The first kappa shape index (κ1) is 20.3. The highest BCUT2D eigenvalue weighted by atomic mass is 16.5. The van der Waals surface area contributed by atoms with Gasteiger partial charge in [-0.05, 0) is 18.1 Å². The molecule has 0 spiro atoms. The third-order valence-corrected chi connectivity index (χ3v) is 4.57. The Morgan fingerprint density at radius 2 is 1.97 bits per heavy atom. The van der Waals surface area contributed by atoms with E-state index in [0.717, 1.165) is 5.56 Å². The van der Waals surface area contributed by atoms with E-state index in [1.807, 2.05) is 30.3 Å². The molecule has 1 amide bonds. The molecule has 0 radical (unpaired) electrons. The fraction of sp³-hybridized carbons (Fsp3) is 0.286. The molecule has 1 aromatic carbocycles. The van der Waals surface area contributed by atoms with Crippen LogP contribution in [0.15, 0.2) is 42.6 Å². The SMILES string of the molecule is COCCn1c(C(=O)OC)c(NC(=O)CCc2ccccc2)c2cc(N)cnc21. The molecule has 2 heterocycles. The van der Waals surface area contributed by atoms with Gasteiger partial charge in [0.25, 0.3) is 0 Å². The number of pyridine rings is 1. The van der Waals surface area contributed by atoms with Gasteiger partial charge in [0.1, 0.15) is 5.65 Å². The van der Waals surface area contributed by atoms with Gasteiger partial charge in [-0.1, -0.05) is 30.3 Å². The molecule has 3 N–H and O–H groups in total. The van der Waals surface area contributed by atoms with Crippen LogP contribution in [0.25, 0.3) is 11.0 Å². The number of hydrogen-bond acceptors (Lipinski definition) is 6. The van der Waals surface area contributed by atoms with Gasteiger partial charge in [0.15, 0.2) is 5.69 Å². The van der Waals surface area contributed by atoms with E-state index in [2.05, 4.69) is 10.3 Å². The number of esters is 1. The van der Waals surface area contributed by atoms with Crippen molar-refractivity contribution in [3.05, 3.63) is 53.9 Å². The number of anilines is 2. The van der Waals surface area contributed by atoms with Gasteiger partial charge >= 0.3 is 5.97 Å². The minimum Gasteiger partial charge on any atom is -0.464 e. The molecule has 152 valence electrons. The number of aryl methyl sites for hydroxylation is 1. The van der Waals surface area contributed by atoms with Gasteiger partial charge in [0.2, 0.25) is 5.91 Å². The van der Waals surface area contributed by atoms with Crippen molar-refractivity contribution in [2.45, 2.75) is 19.4 Å². The van der Waals surface area contributed by atoms with Crippen molar-refractivity contribution < 1.29 is 19.1 Å². The minimum absolute atomic E-state index is 0.214. The van der Waals surface area contributed by atoms with Gasteiger partial charge in [-0.3, -0.25) is 4.79 Å². The summed E-state index contributed by atoms with van der Waals surface area (Å²) in [4.78, 5) is 29.5. The Kier molecular flexibility index (Phi) is 6.46. The lowest BCUT2D eigenvalue weighted by atomic mass is 10.1. The molecule has 3 rings (SSSR count). The van der Waals surface area contributed by atoms with Crippen LogP contribution in [0.1, 0.15) is 22.5 Å². The Balaban J connectivity index is 1.96. The number of nitrogens with zero attached hydrogens (tertiary/aromatic N) is 2. The number of amides is 1. The van der Waals surface area contributed by atoms with Crippen LogP contribution in [-0.2, 0) is 27.2 Å². The molecule has 0 aliphatic heterocycles. The highest BCUT2D eigenvalue weighted by molar-refractivity contribution is 6.11. The smallest absolute Gasteiger partial charge is 0.356 e. The highest BCUT2D eigenvalue weighted by Crippen LogP contribution is 2.32. The van der Waals surface area contributed by atoms with Crippen LogP contribution in [0, 0.1) is 0 Å². The summed E-state index contributed by atoms with van der Waals surface area (Å²) in [7, 11) is 2.87. The molecule has 0 unspecified atom stereocenters. The maximum Gasteiger partial charge on any atom is 0.356 e. The fourth-order valence-corrected chi connectivity index (χ4v) is 3.18. The van der Waals surface area contributed by atoms with Crippen LogP contribution in [0.5, 0.6) is 0 Å². The maximum absolute atomic E-state index is 12.7. The van der Waals surface area contributed by atoms with Gasteiger partial charge in [0.05, 0.1) is 31.3 Å². The molecule has 3 aromatic rings. The predicted molar refractivity (Wildman–Crippen MR) is 111 cm³/mol. The fourth-order valence-electron chi connectivity index (χ4n) is 3.18. The number of carbonyl (C=O) groups excluding carboxylic acids is 2. The lowest BCUT2D eigenvalue weighted by molar-refractivity contribution is -0.116. The molecular weight excluding hydrogens is 372 g/mol. The predicted octanol–water partition coefficient (Wildman–Crippen LogP) is 2.62. The average molecular weight is 396 g/mol. The van der Waals surface area contributed by atoms with E-state index in [1.165, 1.54) is 13.3 Å². The Morgan fingerprint density at radius 1 is 1.21 bits per heavy atom. The lowest BCUT2D eigenvalue weighted by Crippen LogP contribution is -2.18. The molecule has 2 aromatic heterocycles. The monoisotopic (exact) mass is 396 g/mol. The summed E-state index contributed by atoms with van der Waals surface area (Å²) >= 11 is 0. The number of hydrogen-bond donors (Lipinski definition) is 2. The number of nitrogens with two attached hydrogens (primary N) is 1. The average Bonchev–Trinajstić information content (AvgIpc) is 3.03. The van der Waals surface area contributed by atoms with Crippen LogP contribution in [0.4, 0.5) is 11.4 Å². The molecule has 0 aliphatic carbocycles. The van der Waals surface area contributed by atoms with Crippen LogP contribution in [-0.4, -0.2) is 42.3 Å². The number of methoxy groups -OCH3 is 2. The highest BCUT2D eigenvalue weighted by Gasteiger charge is 2.25. The van der Waals surface area contributed by atoms with Crippen molar-refractivity contribution in [2.75, 3.05) is 31.9 Å². The topological polar surface area (TPSA) is 108 Å². The third-order valence-electron chi connectivity index (χ3n) is 4.57. The number of ether oxygens (including phenoxy) is 2. The Bertz CT molecular complexity index is 1010.